The van der Waals surface area contributed by atoms with Gasteiger partial charge >= 0.3 is 12.1 Å². The van der Waals surface area contributed by atoms with E-state index in [0.717, 1.165) is 11.3 Å². The molecule has 0 aliphatic rings. The second-order valence-corrected chi connectivity index (χ2v) is 4.72. The highest BCUT2D eigenvalue weighted by molar-refractivity contribution is 5.54. The summed E-state index contributed by atoms with van der Waals surface area (Å²) in [5, 5.41) is 3.34. The zero-order chi connectivity index (χ0) is 16.3. The smallest absolute Gasteiger partial charge is 0.471 e. The lowest BCUT2D eigenvalue weighted by Gasteiger charge is -2.06. The lowest BCUT2D eigenvalue weighted by molar-refractivity contribution is -0.159. The quantitative estimate of drug-likeness (QED) is 0.718. The van der Waals surface area contributed by atoms with Crippen molar-refractivity contribution in [2.45, 2.75) is 12.8 Å². The number of benzene rings is 2. The molecule has 0 N–H and O–H groups in total. The molecule has 0 amide bonds. The molecule has 2 aromatic carbocycles. The highest BCUT2D eigenvalue weighted by Crippen LogP contribution is 2.29. The molecule has 1 heterocycles. The molecule has 1 aromatic heterocycles. The highest BCUT2D eigenvalue weighted by atomic mass is 19.4. The molecule has 0 saturated heterocycles. The molecule has 0 fully saturated rings. The third-order valence-electron chi connectivity index (χ3n) is 3.03. The van der Waals surface area contributed by atoms with E-state index in [1.54, 1.807) is 24.3 Å². The molecule has 0 aliphatic heterocycles. The van der Waals surface area contributed by atoms with Crippen molar-refractivity contribution >= 4 is 0 Å². The normalized spacial score (nSPS) is 11.4. The van der Waals surface area contributed by atoms with Crippen LogP contribution in [0.3, 0.4) is 0 Å². The monoisotopic (exact) mass is 320 g/mol. The number of aromatic nitrogens is 2. The fraction of sp³-hybridized carbons (Fsp3) is 0.125. The van der Waals surface area contributed by atoms with Gasteiger partial charge in [0.2, 0.25) is 5.82 Å². The van der Waals surface area contributed by atoms with Gasteiger partial charge in [-0.3, -0.25) is 0 Å². The molecule has 3 aromatic rings. The Balaban J connectivity index is 1.68. The second kappa shape index (κ2) is 6.12. The molecule has 0 spiro atoms. The largest absolute Gasteiger partial charge is 0.489 e. The standard InChI is InChI=1S/C16H11F3N2O2/c17-16(18,19)15-20-14(21-23-15)12-8-6-11(7-9-12)10-22-13-4-2-1-3-5-13/h1-9H,10H2. The van der Waals surface area contributed by atoms with Gasteiger partial charge in [0.25, 0.3) is 0 Å². The van der Waals surface area contributed by atoms with Crippen LogP contribution in [0.4, 0.5) is 13.2 Å². The van der Waals surface area contributed by atoms with Crippen LogP contribution in [0.1, 0.15) is 11.5 Å². The molecule has 4 nitrogen and oxygen atoms in total. The van der Waals surface area contributed by atoms with Crippen molar-refractivity contribution in [2.75, 3.05) is 0 Å². The second-order valence-electron chi connectivity index (χ2n) is 4.72. The van der Waals surface area contributed by atoms with E-state index in [4.69, 9.17) is 4.74 Å². The summed E-state index contributed by atoms with van der Waals surface area (Å²) in [6.07, 6.45) is -4.64. The van der Waals surface area contributed by atoms with E-state index < -0.39 is 12.1 Å². The summed E-state index contributed by atoms with van der Waals surface area (Å²) in [5.41, 5.74) is 1.31. The Morgan fingerprint density at radius 1 is 0.957 bits per heavy atom. The Hall–Kier alpha value is -2.83. The zero-order valence-electron chi connectivity index (χ0n) is 11.7. The van der Waals surface area contributed by atoms with E-state index in [1.165, 1.54) is 0 Å². The van der Waals surface area contributed by atoms with Gasteiger partial charge in [-0.25, -0.2) is 0 Å². The van der Waals surface area contributed by atoms with Crippen molar-refractivity contribution in [3.8, 4) is 17.1 Å². The summed E-state index contributed by atoms with van der Waals surface area (Å²) >= 11 is 0. The Kier molecular flexibility index (Phi) is 4.01. The average Bonchev–Trinajstić information content (AvgIpc) is 3.05. The van der Waals surface area contributed by atoms with E-state index >= 15 is 0 Å². The van der Waals surface area contributed by atoms with Crippen LogP contribution in [0.2, 0.25) is 0 Å². The number of hydrogen-bond acceptors (Lipinski definition) is 4. The zero-order valence-corrected chi connectivity index (χ0v) is 11.7. The summed E-state index contributed by atoms with van der Waals surface area (Å²) in [7, 11) is 0. The fourth-order valence-electron chi connectivity index (χ4n) is 1.89. The van der Waals surface area contributed by atoms with Gasteiger partial charge in [-0.2, -0.15) is 18.2 Å². The van der Waals surface area contributed by atoms with Crippen molar-refractivity contribution in [1.29, 1.82) is 0 Å². The molecule has 0 atom stereocenters. The van der Waals surface area contributed by atoms with Crippen molar-refractivity contribution in [3.05, 3.63) is 66.1 Å². The predicted molar refractivity (Wildman–Crippen MR) is 75.5 cm³/mol. The van der Waals surface area contributed by atoms with E-state index in [1.807, 2.05) is 30.3 Å². The number of ether oxygens (including phenoxy) is 1. The Morgan fingerprint density at radius 2 is 1.65 bits per heavy atom. The van der Waals surface area contributed by atoms with Crippen LogP contribution >= 0.6 is 0 Å². The van der Waals surface area contributed by atoms with Gasteiger partial charge in [0, 0.05) is 5.56 Å². The van der Waals surface area contributed by atoms with Gasteiger partial charge in [-0.05, 0) is 17.7 Å². The molecule has 0 unspecified atom stereocenters. The van der Waals surface area contributed by atoms with Crippen LogP contribution in [0.15, 0.2) is 59.1 Å². The minimum atomic E-state index is -4.64. The van der Waals surface area contributed by atoms with Crippen LogP contribution in [0, 0.1) is 0 Å². The van der Waals surface area contributed by atoms with Gasteiger partial charge in [-0.15, -0.1) is 0 Å². The van der Waals surface area contributed by atoms with E-state index in [0.29, 0.717) is 12.2 Å². The minimum absolute atomic E-state index is 0.104. The summed E-state index contributed by atoms with van der Waals surface area (Å²) < 4.78 is 47.1. The molecule has 7 heteroatoms. The molecule has 3 rings (SSSR count). The molecule has 0 radical (unpaired) electrons. The molecule has 118 valence electrons. The van der Waals surface area contributed by atoms with Gasteiger partial charge < -0.3 is 9.26 Å². The van der Waals surface area contributed by atoms with E-state index in [2.05, 4.69) is 14.7 Å². The maximum atomic E-state index is 12.4. The first-order chi connectivity index (χ1) is 11.0. The number of hydrogen-bond donors (Lipinski definition) is 0. The molecule has 0 bridgehead atoms. The van der Waals surface area contributed by atoms with Crippen LogP contribution in [-0.2, 0) is 12.8 Å². The third-order valence-corrected chi connectivity index (χ3v) is 3.03. The first kappa shape index (κ1) is 15.1. The minimum Gasteiger partial charge on any atom is -0.489 e. The van der Waals surface area contributed by atoms with Crippen LogP contribution in [-0.4, -0.2) is 10.1 Å². The lowest BCUT2D eigenvalue weighted by Crippen LogP contribution is -2.04. The van der Waals surface area contributed by atoms with Crippen LogP contribution < -0.4 is 4.74 Å². The molecular weight excluding hydrogens is 309 g/mol. The van der Waals surface area contributed by atoms with E-state index in [-0.39, 0.29) is 5.82 Å². The fourth-order valence-corrected chi connectivity index (χ4v) is 1.89. The number of halogens is 3. The number of rotatable bonds is 4. The van der Waals surface area contributed by atoms with Gasteiger partial charge in [0.15, 0.2) is 0 Å². The summed E-state index contributed by atoms with van der Waals surface area (Å²) in [6, 6.07) is 16.0. The van der Waals surface area contributed by atoms with Crippen molar-refractivity contribution in [3.63, 3.8) is 0 Å². The van der Waals surface area contributed by atoms with Crippen LogP contribution in [0.5, 0.6) is 5.75 Å². The summed E-state index contributed by atoms with van der Waals surface area (Å²) in [5.74, 6) is -0.721. The Labute approximate surface area is 129 Å². The van der Waals surface area contributed by atoms with Crippen LogP contribution in [0.25, 0.3) is 11.4 Å². The first-order valence-electron chi connectivity index (χ1n) is 6.70. The predicted octanol–water partition coefficient (Wildman–Crippen LogP) is 4.33. The number of alkyl halides is 3. The van der Waals surface area contributed by atoms with Crippen molar-refractivity contribution in [1.82, 2.24) is 10.1 Å². The van der Waals surface area contributed by atoms with Gasteiger partial charge in [0.1, 0.15) is 12.4 Å². The maximum Gasteiger partial charge on any atom is 0.471 e. The Bertz CT molecular complexity index is 768. The van der Waals surface area contributed by atoms with Crippen molar-refractivity contribution < 1.29 is 22.4 Å². The summed E-state index contributed by atoms with van der Waals surface area (Å²) in [6.45, 7) is 0.352. The maximum absolute atomic E-state index is 12.4. The molecular formula is C16H11F3N2O2. The molecule has 23 heavy (non-hydrogen) atoms. The lowest BCUT2D eigenvalue weighted by atomic mass is 10.1. The number of nitrogens with zero attached hydrogens (tertiary/aromatic N) is 2. The molecule has 0 aliphatic carbocycles. The van der Waals surface area contributed by atoms with Crippen molar-refractivity contribution in [2.24, 2.45) is 0 Å². The van der Waals surface area contributed by atoms with Gasteiger partial charge in [-0.1, -0.05) is 47.6 Å². The van der Waals surface area contributed by atoms with Gasteiger partial charge in [0.05, 0.1) is 0 Å². The average molecular weight is 320 g/mol. The third kappa shape index (κ3) is 3.68. The molecule has 0 saturated carbocycles. The first-order valence-corrected chi connectivity index (χ1v) is 6.70. The highest BCUT2D eigenvalue weighted by Gasteiger charge is 2.38. The SMILES string of the molecule is FC(F)(F)c1nc(-c2ccc(COc3ccccc3)cc2)no1. The summed E-state index contributed by atoms with van der Waals surface area (Å²) in [4.78, 5) is 3.34. The number of para-hydroxylation sites is 1. The topological polar surface area (TPSA) is 48.2 Å². The van der Waals surface area contributed by atoms with E-state index in [9.17, 15) is 13.2 Å². The Morgan fingerprint density at radius 3 is 2.26 bits per heavy atom.